The number of imide groups is 1. The highest BCUT2D eigenvalue weighted by Gasteiger charge is 2.12. The van der Waals surface area contributed by atoms with Crippen LogP contribution in [-0.2, 0) is 0 Å². The minimum Gasteiger partial charge on any atom is -0.387 e. The number of nitrogens with one attached hydrogen (secondary N) is 3. The summed E-state index contributed by atoms with van der Waals surface area (Å²) in [5.74, 6) is -0.405. The lowest BCUT2D eigenvalue weighted by Crippen LogP contribution is -2.40. The molecule has 0 aliphatic heterocycles. The van der Waals surface area contributed by atoms with Crippen LogP contribution in [0.3, 0.4) is 0 Å². The molecule has 0 aliphatic carbocycles. The van der Waals surface area contributed by atoms with E-state index >= 15 is 0 Å². The average Bonchev–Trinajstić information content (AvgIpc) is 2.43. The summed E-state index contributed by atoms with van der Waals surface area (Å²) in [6.45, 7) is 2.68. The Bertz CT molecular complexity index is 432. The Morgan fingerprint density at radius 2 is 1.89 bits per heavy atom. The summed E-state index contributed by atoms with van der Waals surface area (Å²) < 4.78 is 0. The number of hydrogen-bond acceptors (Lipinski definition) is 3. The van der Waals surface area contributed by atoms with Crippen LogP contribution in [0.15, 0.2) is 24.3 Å². The van der Waals surface area contributed by atoms with Crippen molar-refractivity contribution in [3.05, 3.63) is 29.8 Å². The molecule has 0 aliphatic rings. The van der Waals surface area contributed by atoms with Crippen LogP contribution < -0.4 is 16.0 Å². The molecular weight excluding hydrogens is 242 g/mol. The van der Waals surface area contributed by atoms with Gasteiger partial charge in [-0.2, -0.15) is 0 Å². The zero-order valence-electron chi connectivity index (χ0n) is 11.5. The normalized spacial score (nSPS) is 9.79. The third kappa shape index (κ3) is 4.99. The van der Waals surface area contributed by atoms with Crippen LogP contribution in [0, 0.1) is 0 Å². The molecule has 0 aromatic heterocycles. The van der Waals surface area contributed by atoms with E-state index in [1.807, 2.05) is 6.07 Å². The first-order chi connectivity index (χ1) is 9.19. The molecule has 0 atom stereocenters. The summed E-state index contributed by atoms with van der Waals surface area (Å²) in [6.07, 6.45) is 3.08. The van der Waals surface area contributed by atoms with Gasteiger partial charge in [0, 0.05) is 19.3 Å². The van der Waals surface area contributed by atoms with Crippen LogP contribution in [0.5, 0.6) is 0 Å². The fourth-order valence-electron chi connectivity index (χ4n) is 1.69. The number of unbranched alkanes of at least 4 members (excludes halogenated alkanes) is 2. The molecule has 0 spiro atoms. The third-order valence-electron chi connectivity index (χ3n) is 2.73. The highest BCUT2D eigenvalue weighted by molar-refractivity contribution is 6.07. The lowest BCUT2D eigenvalue weighted by molar-refractivity contribution is 0.0965. The second kappa shape index (κ2) is 8.13. The van der Waals surface area contributed by atoms with Gasteiger partial charge in [-0.25, -0.2) is 4.79 Å². The predicted octanol–water partition coefficient (Wildman–Crippen LogP) is 2.36. The molecule has 1 rings (SSSR count). The highest BCUT2D eigenvalue weighted by atomic mass is 16.2. The maximum absolute atomic E-state index is 11.9. The smallest absolute Gasteiger partial charge is 0.321 e. The van der Waals surface area contributed by atoms with E-state index in [1.54, 1.807) is 25.2 Å². The minimum atomic E-state index is -0.452. The van der Waals surface area contributed by atoms with Crippen molar-refractivity contribution in [3.63, 3.8) is 0 Å². The van der Waals surface area contributed by atoms with Gasteiger partial charge in [-0.05, 0) is 18.6 Å². The van der Waals surface area contributed by atoms with Gasteiger partial charge >= 0.3 is 6.03 Å². The lowest BCUT2D eigenvalue weighted by Gasteiger charge is -2.09. The zero-order valence-corrected chi connectivity index (χ0v) is 11.5. The van der Waals surface area contributed by atoms with Gasteiger partial charge in [0.2, 0.25) is 0 Å². The summed E-state index contributed by atoms with van der Waals surface area (Å²) in [5.41, 5.74) is 1.15. The van der Waals surface area contributed by atoms with Gasteiger partial charge in [0.15, 0.2) is 0 Å². The summed E-state index contributed by atoms with van der Waals surface area (Å²) in [5, 5.41) is 7.90. The summed E-state index contributed by atoms with van der Waals surface area (Å²) >= 11 is 0. The Hall–Kier alpha value is -2.04. The van der Waals surface area contributed by atoms with Crippen molar-refractivity contribution in [1.82, 2.24) is 10.6 Å². The molecule has 0 unspecified atom stereocenters. The van der Waals surface area contributed by atoms with Crippen LogP contribution in [-0.4, -0.2) is 25.5 Å². The van der Waals surface area contributed by atoms with Crippen LogP contribution >= 0.6 is 0 Å². The number of para-hydroxylation sites is 1. The van der Waals surface area contributed by atoms with E-state index in [-0.39, 0.29) is 0 Å². The molecule has 0 heterocycles. The van der Waals surface area contributed by atoms with E-state index in [2.05, 4.69) is 22.9 Å². The monoisotopic (exact) mass is 263 g/mol. The third-order valence-corrected chi connectivity index (χ3v) is 2.73. The average molecular weight is 263 g/mol. The molecule has 1 aromatic carbocycles. The van der Waals surface area contributed by atoms with Crippen molar-refractivity contribution in [1.29, 1.82) is 0 Å². The Kier molecular flexibility index (Phi) is 6.43. The van der Waals surface area contributed by atoms with Gasteiger partial charge in [-0.3, -0.25) is 10.1 Å². The lowest BCUT2D eigenvalue weighted by atomic mass is 10.1. The van der Waals surface area contributed by atoms with E-state index < -0.39 is 11.9 Å². The molecule has 3 amide bonds. The minimum absolute atomic E-state index is 0.405. The number of anilines is 1. The van der Waals surface area contributed by atoms with Crippen molar-refractivity contribution in [2.75, 3.05) is 18.9 Å². The second-order valence-corrected chi connectivity index (χ2v) is 4.21. The Morgan fingerprint density at radius 3 is 2.58 bits per heavy atom. The van der Waals surface area contributed by atoms with E-state index in [4.69, 9.17) is 0 Å². The number of urea groups is 1. The Balaban J connectivity index is 2.48. The van der Waals surface area contributed by atoms with E-state index in [9.17, 15) is 9.59 Å². The fourth-order valence-corrected chi connectivity index (χ4v) is 1.69. The van der Waals surface area contributed by atoms with E-state index in [1.165, 1.54) is 0 Å². The number of rotatable bonds is 6. The first-order valence-electron chi connectivity index (χ1n) is 6.55. The van der Waals surface area contributed by atoms with Crippen LogP contribution in [0.25, 0.3) is 0 Å². The molecule has 0 saturated heterocycles. The van der Waals surface area contributed by atoms with Gasteiger partial charge in [-0.1, -0.05) is 31.9 Å². The molecule has 0 saturated carbocycles. The van der Waals surface area contributed by atoms with Gasteiger partial charge < -0.3 is 10.6 Å². The van der Waals surface area contributed by atoms with Crippen LogP contribution in [0.1, 0.15) is 36.5 Å². The predicted molar refractivity (Wildman–Crippen MR) is 76.4 cm³/mol. The standard InChI is InChI=1S/C14H21N3O2/c1-3-4-7-10-16-14(19)17-13(18)11-8-5-6-9-12(11)15-2/h5-6,8-9,15H,3-4,7,10H2,1-2H3,(H2,16,17,18,19). The van der Waals surface area contributed by atoms with E-state index in [0.29, 0.717) is 17.8 Å². The molecule has 5 heteroatoms. The van der Waals surface area contributed by atoms with Crippen molar-refractivity contribution < 1.29 is 9.59 Å². The molecule has 5 nitrogen and oxygen atoms in total. The maximum Gasteiger partial charge on any atom is 0.321 e. The Morgan fingerprint density at radius 1 is 1.16 bits per heavy atom. The molecule has 3 N–H and O–H groups in total. The number of amides is 3. The maximum atomic E-state index is 11.9. The molecule has 1 aromatic rings. The van der Waals surface area contributed by atoms with E-state index in [0.717, 1.165) is 19.3 Å². The van der Waals surface area contributed by atoms with Crippen molar-refractivity contribution in [2.24, 2.45) is 0 Å². The Labute approximate surface area is 113 Å². The van der Waals surface area contributed by atoms with Gasteiger partial charge in [0.05, 0.1) is 5.56 Å². The zero-order chi connectivity index (χ0) is 14.1. The molecule has 104 valence electrons. The summed E-state index contributed by atoms with van der Waals surface area (Å²) in [4.78, 5) is 23.4. The number of benzene rings is 1. The summed E-state index contributed by atoms with van der Waals surface area (Å²) in [6, 6.07) is 6.59. The molecular formula is C14H21N3O2. The second-order valence-electron chi connectivity index (χ2n) is 4.21. The fraction of sp³-hybridized carbons (Fsp3) is 0.429. The quantitative estimate of drug-likeness (QED) is 0.690. The van der Waals surface area contributed by atoms with Gasteiger partial charge in [-0.15, -0.1) is 0 Å². The molecule has 0 fully saturated rings. The molecule has 0 bridgehead atoms. The largest absolute Gasteiger partial charge is 0.387 e. The van der Waals surface area contributed by atoms with Crippen molar-refractivity contribution in [2.45, 2.75) is 26.2 Å². The topological polar surface area (TPSA) is 70.2 Å². The summed E-state index contributed by atoms with van der Waals surface area (Å²) in [7, 11) is 1.73. The van der Waals surface area contributed by atoms with Gasteiger partial charge in [0.25, 0.3) is 5.91 Å². The van der Waals surface area contributed by atoms with Crippen molar-refractivity contribution in [3.8, 4) is 0 Å². The van der Waals surface area contributed by atoms with Crippen LogP contribution in [0.2, 0.25) is 0 Å². The molecule has 19 heavy (non-hydrogen) atoms. The SMILES string of the molecule is CCCCCNC(=O)NC(=O)c1ccccc1NC. The number of carbonyl (C=O) groups excluding carboxylic acids is 2. The van der Waals surface area contributed by atoms with Gasteiger partial charge in [0.1, 0.15) is 0 Å². The first-order valence-corrected chi connectivity index (χ1v) is 6.55. The number of hydrogen-bond donors (Lipinski definition) is 3. The molecule has 0 radical (unpaired) electrons. The number of carbonyl (C=O) groups is 2. The van der Waals surface area contributed by atoms with Crippen LogP contribution in [0.4, 0.5) is 10.5 Å². The first kappa shape index (κ1) is 15.0. The van der Waals surface area contributed by atoms with Crippen molar-refractivity contribution >= 4 is 17.6 Å². The highest BCUT2D eigenvalue weighted by Crippen LogP contribution is 2.13.